The summed E-state index contributed by atoms with van der Waals surface area (Å²) < 4.78 is 0. The van der Waals surface area contributed by atoms with Crippen LogP contribution in [0.15, 0.2) is 29.3 Å². The van der Waals surface area contributed by atoms with Gasteiger partial charge in [0.25, 0.3) is 0 Å². The summed E-state index contributed by atoms with van der Waals surface area (Å²) in [6.07, 6.45) is 3.79. The quantitative estimate of drug-likeness (QED) is 0.621. The van der Waals surface area contributed by atoms with E-state index in [1.165, 1.54) is 5.69 Å². The van der Waals surface area contributed by atoms with Crippen LogP contribution in [0.1, 0.15) is 25.7 Å². The van der Waals surface area contributed by atoms with E-state index in [2.05, 4.69) is 26.9 Å². The third-order valence-corrected chi connectivity index (χ3v) is 5.81. The van der Waals surface area contributed by atoms with Crippen LogP contribution in [0.4, 0.5) is 5.69 Å². The second kappa shape index (κ2) is 8.62. The number of hydrogen-bond acceptors (Lipinski definition) is 3. The molecule has 1 saturated heterocycles. The lowest BCUT2D eigenvalue weighted by molar-refractivity contribution is -0.122. The van der Waals surface area contributed by atoms with E-state index in [4.69, 9.17) is 23.1 Å². The van der Waals surface area contributed by atoms with Crippen LogP contribution in [0, 0.1) is 11.8 Å². The van der Waals surface area contributed by atoms with Crippen molar-refractivity contribution in [3.05, 3.63) is 29.3 Å². The van der Waals surface area contributed by atoms with Gasteiger partial charge in [-0.25, -0.2) is 0 Å². The van der Waals surface area contributed by atoms with Gasteiger partial charge in [-0.05, 0) is 55.9 Å². The van der Waals surface area contributed by atoms with Gasteiger partial charge in [-0.15, -0.1) is 0 Å². The highest BCUT2D eigenvalue weighted by Gasteiger charge is 2.25. The predicted molar refractivity (Wildman–Crippen MR) is 106 cm³/mol. The maximum atomic E-state index is 11.2. The lowest BCUT2D eigenvalue weighted by atomic mass is 9.82. The number of rotatable bonds is 4. The highest BCUT2D eigenvalue weighted by molar-refractivity contribution is 6.30. The Hall–Kier alpha value is -1.95. The summed E-state index contributed by atoms with van der Waals surface area (Å²) >= 11 is 5.96. The Morgan fingerprint density at radius 3 is 2.23 bits per heavy atom. The van der Waals surface area contributed by atoms with Crippen molar-refractivity contribution in [2.45, 2.75) is 25.7 Å². The molecule has 1 aromatic rings. The average Bonchev–Trinajstić information content (AvgIpc) is 2.67. The Morgan fingerprint density at radius 1 is 1.04 bits per heavy atom. The van der Waals surface area contributed by atoms with E-state index in [9.17, 15) is 4.79 Å². The number of aliphatic imine (C=N–C) groups is 1. The fraction of sp³-hybridized carbons (Fsp3) is 0.579. The van der Waals surface area contributed by atoms with Crippen LogP contribution in [0.2, 0.25) is 5.02 Å². The Labute approximate surface area is 160 Å². The third-order valence-electron chi connectivity index (χ3n) is 5.56. The first kappa shape index (κ1) is 18.8. The summed E-state index contributed by atoms with van der Waals surface area (Å²) in [6, 6.07) is 7.95. The number of benzene rings is 1. The number of nitrogens with two attached hydrogens (primary N) is 2. The molecular formula is C19H28ClN5O. The highest BCUT2D eigenvalue weighted by atomic mass is 35.5. The fourth-order valence-corrected chi connectivity index (χ4v) is 3.92. The van der Waals surface area contributed by atoms with Crippen LogP contribution < -0.4 is 16.4 Å². The first-order valence-corrected chi connectivity index (χ1v) is 9.75. The summed E-state index contributed by atoms with van der Waals surface area (Å²) in [5.74, 6) is 1.04. The number of carbonyl (C=O) groups is 1. The molecule has 1 aliphatic carbocycles. The molecule has 1 heterocycles. The van der Waals surface area contributed by atoms with Crippen molar-refractivity contribution in [1.29, 1.82) is 0 Å². The van der Waals surface area contributed by atoms with Crippen LogP contribution in [0.3, 0.4) is 0 Å². The monoisotopic (exact) mass is 377 g/mol. The van der Waals surface area contributed by atoms with Gasteiger partial charge in [0.15, 0.2) is 5.96 Å². The van der Waals surface area contributed by atoms with Crippen molar-refractivity contribution in [1.82, 2.24) is 4.90 Å². The average molecular weight is 378 g/mol. The SMILES string of the molecule is NC(=O)C1CCC(CN=C(N)N2CCN(c3ccc(Cl)cc3)CC2)CC1. The number of guanidine groups is 1. The van der Waals surface area contributed by atoms with Crippen molar-refractivity contribution in [3.63, 3.8) is 0 Å². The summed E-state index contributed by atoms with van der Waals surface area (Å²) in [4.78, 5) is 20.3. The van der Waals surface area contributed by atoms with Crippen molar-refractivity contribution >= 4 is 29.2 Å². The predicted octanol–water partition coefficient (Wildman–Crippen LogP) is 2.07. The number of hydrogen-bond donors (Lipinski definition) is 2. The topological polar surface area (TPSA) is 87.9 Å². The Balaban J connectivity index is 1.44. The Kier molecular flexibility index (Phi) is 6.25. The fourth-order valence-electron chi connectivity index (χ4n) is 3.80. The molecule has 26 heavy (non-hydrogen) atoms. The first-order valence-electron chi connectivity index (χ1n) is 9.37. The van der Waals surface area contributed by atoms with Crippen LogP contribution in [0.25, 0.3) is 0 Å². The number of piperazine rings is 1. The lowest BCUT2D eigenvalue weighted by Crippen LogP contribution is -2.51. The van der Waals surface area contributed by atoms with Gasteiger partial charge in [0.1, 0.15) is 0 Å². The first-order chi connectivity index (χ1) is 12.5. The summed E-state index contributed by atoms with van der Waals surface area (Å²) in [6.45, 7) is 4.32. The van der Waals surface area contributed by atoms with E-state index in [0.29, 0.717) is 11.9 Å². The van der Waals surface area contributed by atoms with Crippen LogP contribution in [-0.2, 0) is 4.79 Å². The zero-order valence-electron chi connectivity index (χ0n) is 15.1. The maximum Gasteiger partial charge on any atom is 0.220 e. The number of anilines is 1. The van der Waals surface area contributed by atoms with Gasteiger partial charge in [0.2, 0.25) is 5.91 Å². The second-order valence-electron chi connectivity index (χ2n) is 7.27. The molecule has 3 rings (SSSR count). The molecule has 4 N–H and O–H groups in total. The van der Waals surface area contributed by atoms with Gasteiger partial charge in [-0.3, -0.25) is 9.79 Å². The Morgan fingerprint density at radius 2 is 1.65 bits per heavy atom. The van der Waals surface area contributed by atoms with Crippen molar-refractivity contribution in [2.24, 2.45) is 28.3 Å². The Bertz CT molecular complexity index is 632. The van der Waals surface area contributed by atoms with Gasteiger partial charge in [-0.2, -0.15) is 0 Å². The molecule has 0 unspecified atom stereocenters. The van der Waals surface area contributed by atoms with Gasteiger partial charge >= 0.3 is 0 Å². The zero-order chi connectivity index (χ0) is 18.5. The molecule has 1 aliphatic heterocycles. The molecule has 142 valence electrons. The lowest BCUT2D eigenvalue weighted by Gasteiger charge is -2.36. The molecule has 0 bridgehead atoms. The van der Waals surface area contributed by atoms with Crippen LogP contribution in [0.5, 0.6) is 0 Å². The third kappa shape index (κ3) is 4.81. The molecule has 1 amide bonds. The maximum absolute atomic E-state index is 11.2. The largest absolute Gasteiger partial charge is 0.370 e. The van der Waals surface area contributed by atoms with Crippen molar-refractivity contribution < 1.29 is 4.79 Å². The van der Waals surface area contributed by atoms with E-state index < -0.39 is 0 Å². The summed E-state index contributed by atoms with van der Waals surface area (Å²) in [5.41, 5.74) is 12.8. The van der Waals surface area contributed by atoms with Gasteiger partial charge < -0.3 is 21.3 Å². The molecule has 0 aromatic heterocycles. The highest BCUT2D eigenvalue weighted by Crippen LogP contribution is 2.28. The minimum atomic E-state index is -0.162. The van der Waals surface area contributed by atoms with E-state index in [-0.39, 0.29) is 11.8 Å². The minimum absolute atomic E-state index is 0.0496. The molecule has 0 spiro atoms. The van der Waals surface area contributed by atoms with Crippen LogP contribution >= 0.6 is 11.6 Å². The van der Waals surface area contributed by atoms with E-state index >= 15 is 0 Å². The van der Waals surface area contributed by atoms with Crippen molar-refractivity contribution in [3.8, 4) is 0 Å². The van der Waals surface area contributed by atoms with E-state index in [1.807, 2.05) is 12.1 Å². The number of amides is 1. The number of carbonyl (C=O) groups excluding carboxylic acids is 1. The second-order valence-corrected chi connectivity index (χ2v) is 7.71. The standard InChI is InChI=1S/C19H28ClN5O/c20-16-5-7-17(8-6-16)24-9-11-25(12-10-24)19(22)23-13-14-1-3-15(4-2-14)18(21)26/h5-8,14-15H,1-4,9-13H2,(H2,21,26)(H2,22,23). The summed E-state index contributed by atoms with van der Waals surface area (Å²) in [7, 11) is 0. The van der Waals surface area contributed by atoms with Gasteiger partial charge in [-0.1, -0.05) is 11.6 Å². The molecule has 2 fully saturated rings. The van der Waals surface area contributed by atoms with E-state index in [0.717, 1.165) is 63.4 Å². The number of nitrogens with zero attached hydrogens (tertiary/aromatic N) is 3. The smallest absolute Gasteiger partial charge is 0.220 e. The normalized spacial score (nSPS) is 24.6. The zero-order valence-corrected chi connectivity index (χ0v) is 15.9. The molecule has 1 aromatic carbocycles. The molecular weight excluding hydrogens is 350 g/mol. The van der Waals surface area contributed by atoms with Crippen LogP contribution in [-0.4, -0.2) is 49.5 Å². The molecule has 1 saturated carbocycles. The number of primary amides is 1. The number of halogens is 1. The molecule has 0 atom stereocenters. The van der Waals surface area contributed by atoms with E-state index in [1.54, 1.807) is 0 Å². The minimum Gasteiger partial charge on any atom is -0.370 e. The molecule has 2 aliphatic rings. The molecule has 0 radical (unpaired) electrons. The molecule has 6 nitrogen and oxygen atoms in total. The van der Waals surface area contributed by atoms with Gasteiger partial charge in [0.05, 0.1) is 0 Å². The van der Waals surface area contributed by atoms with Crippen molar-refractivity contribution in [2.75, 3.05) is 37.6 Å². The van der Waals surface area contributed by atoms with Gasteiger partial charge in [0, 0.05) is 49.4 Å². The molecule has 7 heteroatoms. The summed E-state index contributed by atoms with van der Waals surface area (Å²) in [5, 5.41) is 0.758.